The lowest BCUT2D eigenvalue weighted by atomic mass is 10.0. The fourth-order valence-electron chi connectivity index (χ4n) is 1.61. The summed E-state index contributed by atoms with van der Waals surface area (Å²) in [6.07, 6.45) is 11.6. The van der Waals surface area contributed by atoms with Crippen LogP contribution in [0.15, 0.2) is 24.3 Å². The van der Waals surface area contributed by atoms with E-state index in [2.05, 4.69) is 65.8 Å². The Morgan fingerprint density at radius 3 is 1.33 bits per heavy atom. The number of rotatable bonds is 9. The minimum Gasteiger partial charge on any atom is -0.0905 e. The van der Waals surface area contributed by atoms with E-state index in [1.165, 1.54) is 12.8 Å². The summed E-state index contributed by atoms with van der Waals surface area (Å²) in [5, 5.41) is 1.28. The van der Waals surface area contributed by atoms with Crippen LogP contribution < -0.4 is 0 Å². The predicted octanol–water partition coefficient (Wildman–Crippen LogP) is 6.35. The number of hydrogen-bond acceptors (Lipinski definition) is 2. The van der Waals surface area contributed by atoms with Gasteiger partial charge in [-0.1, -0.05) is 86.4 Å². The van der Waals surface area contributed by atoms with Crippen LogP contribution in [0, 0.1) is 11.8 Å². The Kier molecular flexibility index (Phi) is 11.2. The summed E-state index contributed by atoms with van der Waals surface area (Å²) in [4.78, 5) is 0. The van der Waals surface area contributed by atoms with E-state index in [-0.39, 0.29) is 0 Å². The minimum atomic E-state index is 0.641. The lowest BCUT2D eigenvalue weighted by Crippen LogP contribution is -2.13. The highest BCUT2D eigenvalue weighted by atomic mass is 33.1. The van der Waals surface area contributed by atoms with Crippen LogP contribution in [-0.4, -0.2) is 10.5 Å². The van der Waals surface area contributed by atoms with E-state index in [1.807, 2.05) is 21.6 Å². The molecule has 4 atom stereocenters. The molecule has 0 saturated carbocycles. The van der Waals surface area contributed by atoms with Crippen LogP contribution in [0.1, 0.15) is 54.4 Å². The second-order valence-electron chi connectivity index (χ2n) is 4.94. The first-order valence-electron chi connectivity index (χ1n) is 7.18. The number of hydrogen-bond donors (Lipinski definition) is 0. The van der Waals surface area contributed by atoms with E-state index in [0.717, 1.165) is 11.8 Å². The van der Waals surface area contributed by atoms with Crippen molar-refractivity contribution >= 4 is 21.6 Å². The molecule has 2 heteroatoms. The Hall–Kier alpha value is 0.180. The van der Waals surface area contributed by atoms with E-state index in [9.17, 15) is 0 Å². The fourth-order valence-corrected chi connectivity index (χ4v) is 5.36. The average molecular weight is 287 g/mol. The molecule has 0 aromatic rings. The van der Waals surface area contributed by atoms with Crippen LogP contribution >= 0.6 is 21.6 Å². The van der Waals surface area contributed by atoms with Crippen molar-refractivity contribution in [2.24, 2.45) is 11.8 Å². The summed E-state index contributed by atoms with van der Waals surface area (Å²) < 4.78 is 0. The van der Waals surface area contributed by atoms with Gasteiger partial charge in [0.15, 0.2) is 0 Å². The van der Waals surface area contributed by atoms with Gasteiger partial charge in [0.05, 0.1) is 0 Å². The Morgan fingerprint density at radius 2 is 1.11 bits per heavy atom. The summed E-state index contributed by atoms with van der Waals surface area (Å²) in [5.41, 5.74) is 0. The molecule has 4 unspecified atom stereocenters. The minimum absolute atomic E-state index is 0.641. The third-order valence-corrected chi connectivity index (χ3v) is 6.92. The second-order valence-corrected chi connectivity index (χ2v) is 7.57. The van der Waals surface area contributed by atoms with Gasteiger partial charge in [-0.05, 0) is 25.7 Å². The van der Waals surface area contributed by atoms with Crippen molar-refractivity contribution in [3.8, 4) is 0 Å². The van der Waals surface area contributed by atoms with Crippen LogP contribution in [-0.2, 0) is 0 Å². The van der Waals surface area contributed by atoms with E-state index < -0.39 is 0 Å². The first kappa shape index (κ1) is 18.2. The summed E-state index contributed by atoms with van der Waals surface area (Å²) in [6, 6.07) is 0. The smallest absolute Gasteiger partial charge is 0.0356 e. The monoisotopic (exact) mass is 286 g/mol. The molecular formula is C16H30S2. The molecule has 0 heterocycles. The van der Waals surface area contributed by atoms with Gasteiger partial charge in [-0.25, -0.2) is 0 Å². The van der Waals surface area contributed by atoms with Gasteiger partial charge in [-0.15, -0.1) is 0 Å². The van der Waals surface area contributed by atoms with E-state index in [1.54, 1.807) is 0 Å². The largest absolute Gasteiger partial charge is 0.0905 e. The molecule has 0 radical (unpaired) electrons. The highest BCUT2D eigenvalue weighted by Gasteiger charge is 2.18. The molecule has 0 saturated heterocycles. The van der Waals surface area contributed by atoms with Gasteiger partial charge in [0.1, 0.15) is 0 Å². The molecule has 0 bridgehead atoms. The molecule has 0 rings (SSSR count). The zero-order valence-electron chi connectivity index (χ0n) is 12.8. The van der Waals surface area contributed by atoms with Gasteiger partial charge in [0.25, 0.3) is 0 Å². The Balaban J connectivity index is 4.45. The van der Waals surface area contributed by atoms with Gasteiger partial charge in [-0.3, -0.25) is 0 Å². The molecule has 0 aromatic heterocycles. The van der Waals surface area contributed by atoms with Crippen LogP contribution in [0.3, 0.4) is 0 Å². The maximum absolute atomic E-state index is 2.36. The highest BCUT2D eigenvalue weighted by Crippen LogP contribution is 2.39. The van der Waals surface area contributed by atoms with Gasteiger partial charge < -0.3 is 0 Å². The Labute approximate surface area is 122 Å². The van der Waals surface area contributed by atoms with Crippen molar-refractivity contribution < 1.29 is 0 Å². The summed E-state index contributed by atoms with van der Waals surface area (Å²) >= 11 is 0. The van der Waals surface area contributed by atoms with Crippen LogP contribution in [0.4, 0.5) is 0 Å². The quantitative estimate of drug-likeness (QED) is 0.358. The Morgan fingerprint density at radius 1 is 0.778 bits per heavy atom. The fraction of sp³-hybridized carbons (Fsp3) is 0.750. The van der Waals surface area contributed by atoms with Gasteiger partial charge >= 0.3 is 0 Å². The van der Waals surface area contributed by atoms with Crippen molar-refractivity contribution in [3.63, 3.8) is 0 Å². The van der Waals surface area contributed by atoms with E-state index in [0.29, 0.717) is 10.5 Å². The Bertz CT molecular complexity index is 219. The van der Waals surface area contributed by atoms with Crippen LogP contribution in [0.25, 0.3) is 0 Å². The lowest BCUT2D eigenvalue weighted by molar-refractivity contribution is 0.582. The highest BCUT2D eigenvalue weighted by molar-refractivity contribution is 8.77. The van der Waals surface area contributed by atoms with Crippen LogP contribution in [0.5, 0.6) is 0 Å². The van der Waals surface area contributed by atoms with Crippen molar-refractivity contribution in [1.82, 2.24) is 0 Å². The molecule has 0 nitrogen and oxygen atoms in total. The molecule has 0 aliphatic rings. The molecule has 0 N–H and O–H groups in total. The molecular weight excluding hydrogens is 256 g/mol. The predicted molar refractivity (Wildman–Crippen MR) is 91.3 cm³/mol. The molecule has 0 amide bonds. The molecule has 0 aliphatic carbocycles. The van der Waals surface area contributed by atoms with Gasteiger partial charge in [0.2, 0.25) is 0 Å². The maximum Gasteiger partial charge on any atom is 0.0356 e. The average Bonchev–Trinajstić information content (AvgIpc) is 2.40. The number of allylic oxidation sites excluding steroid dienone is 2. The normalized spacial score (nSPS) is 19.2. The zero-order valence-corrected chi connectivity index (χ0v) is 14.5. The second kappa shape index (κ2) is 11.0. The topological polar surface area (TPSA) is 0 Å². The molecule has 0 fully saturated rings. The van der Waals surface area contributed by atoms with Crippen molar-refractivity contribution in [2.75, 3.05) is 0 Å². The summed E-state index contributed by atoms with van der Waals surface area (Å²) in [5.74, 6) is 1.50. The van der Waals surface area contributed by atoms with E-state index >= 15 is 0 Å². The lowest BCUT2D eigenvalue weighted by Gasteiger charge is -2.23. The first-order chi connectivity index (χ1) is 8.60. The maximum atomic E-state index is 2.36. The standard InChI is InChI=1S/C16H30S2/c1-7-11-15(13(5)9-3)17-18-16(12-8-2)14(6)10-4/h7-8,11-16H,9-10H2,1-6H3/b11-7+,12-8?. The van der Waals surface area contributed by atoms with Gasteiger partial charge in [-0.2, -0.15) is 0 Å². The van der Waals surface area contributed by atoms with Gasteiger partial charge in [0, 0.05) is 10.5 Å². The first-order valence-corrected chi connectivity index (χ1v) is 9.45. The molecule has 106 valence electrons. The molecule has 0 aliphatic heterocycles. The van der Waals surface area contributed by atoms with Crippen molar-refractivity contribution in [1.29, 1.82) is 0 Å². The van der Waals surface area contributed by atoms with Crippen LogP contribution in [0.2, 0.25) is 0 Å². The summed E-state index contributed by atoms with van der Waals surface area (Å²) in [7, 11) is 4.10. The zero-order chi connectivity index (χ0) is 14.0. The SMILES string of the molecule is CC=CC(SSC(/C=C/C)C(C)CC)C(C)CC. The summed E-state index contributed by atoms with van der Waals surface area (Å²) in [6.45, 7) is 13.5. The third-order valence-electron chi connectivity index (χ3n) is 3.45. The van der Waals surface area contributed by atoms with Crippen molar-refractivity contribution in [3.05, 3.63) is 24.3 Å². The third kappa shape index (κ3) is 6.94. The van der Waals surface area contributed by atoms with E-state index in [4.69, 9.17) is 0 Å². The molecule has 18 heavy (non-hydrogen) atoms. The molecule has 0 aromatic carbocycles. The molecule has 0 spiro atoms. The van der Waals surface area contributed by atoms with Crippen molar-refractivity contribution in [2.45, 2.75) is 64.9 Å².